The number of nitrogens with one attached hydrogen (secondary N) is 2. The number of aromatic nitrogens is 2. The molecule has 21 heavy (non-hydrogen) atoms. The molecule has 0 aromatic carbocycles. The summed E-state index contributed by atoms with van der Waals surface area (Å²) in [6.07, 6.45) is 5.81. The monoisotopic (exact) mass is 294 g/mol. The average molecular weight is 294 g/mol. The molecule has 1 amide bonds. The number of carbonyl (C=O) groups excluding carboxylic acids is 1. The first-order chi connectivity index (χ1) is 9.99. The van der Waals surface area contributed by atoms with Crippen molar-refractivity contribution in [2.75, 3.05) is 5.32 Å². The molecule has 1 aromatic rings. The van der Waals surface area contributed by atoms with Crippen molar-refractivity contribution in [2.24, 2.45) is 0 Å². The molecule has 120 valence electrons. The molecule has 1 rings (SSSR count). The Bertz CT molecular complexity index is 439. The first kappa shape index (κ1) is 17.7. The Morgan fingerprint density at radius 3 is 2.62 bits per heavy atom. The van der Waals surface area contributed by atoms with Gasteiger partial charge in [0.05, 0.1) is 23.6 Å². The van der Waals surface area contributed by atoms with Gasteiger partial charge in [-0.3, -0.25) is 9.48 Å². The number of hydrogen-bond acceptors (Lipinski definition) is 3. The lowest BCUT2D eigenvalue weighted by molar-refractivity contribution is -0.118. The highest BCUT2D eigenvalue weighted by Gasteiger charge is 2.19. The highest BCUT2D eigenvalue weighted by Crippen LogP contribution is 2.15. The number of carbonyl (C=O) groups is 1. The van der Waals surface area contributed by atoms with Crippen molar-refractivity contribution in [2.45, 2.75) is 78.9 Å². The maximum Gasteiger partial charge on any atom is 0.241 e. The molecule has 0 saturated carbocycles. The van der Waals surface area contributed by atoms with Crippen LogP contribution in [0.5, 0.6) is 0 Å². The van der Waals surface area contributed by atoms with Crippen molar-refractivity contribution in [3.8, 4) is 0 Å². The molecule has 1 unspecified atom stereocenters. The molecule has 0 fully saturated rings. The minimum Gasteiger partial charge on any atom is -0.322 e. The predicted molar refractivity (Wildman–Crippen MR) is 87.5 cm³/mol. The Morgan fingerprint density at radius 1 is 1.33 bits per heavy atom. The topological polar surface area (TPSA) is 59.0 Å². The van der Waals surface area contributed by atoms with E-state index in [1.54, 1.807) is 6.20 Å². The fraction of sp³-hybridized carbons (Fsp3) is 0.750. The van der Waals surface area contributed by atoms with Crippen molar-refractivity contribution < 1.29 is 4.79 Å². The van der Waals surface area contributed by atoms with Crippen LogP contribution < -0.4 is 10.6 Å². The van der Waals surface area contributed by atoms with E-state index in [2.05, 4.69) is 43.4 Å². The van der Waals surface area contributed by atoms with Gasteiger partial charge in [0.15, 0.2) is 0 Å². The van der Waals surface area contributed by atoms with Crippen molar-refractivity contribution in [1.82, 2.24) is 15.1 Å². The van der Waals surface area contributed by atoms with Gasteiger partial charge in [0.1, 0.15) is 0 Å². The van der Waals surface area contributed by atoms with Gasteiger partial charge in [0.25, 0.3) is 0 Å². The van der Waals surface area contributed by atoms with E-state index in [1.807, 2.05) is 11.6 Å². The minimum atomic E-state index is -0.145. The molecule has 1 aromatic heterocycles. The zero-order chi connectivity index (χ0) is 15.8. The smallest absolute Gasteiger partial charge is 0.241 e. The molecular weight excluding hydrogens is 264 g/mol. The molecule has 0 saturated heterocycles. The second-order valence-electron chi connectivity index (χ2n) is 5.87. The van der Waals surface area contributed by atoms with Crippen LogP contribution >= 0.6 is 0 Å². The summed E-state index contributed by atoms with van der Waals surface area (Å²) in [4.78, 5) is 12.4. The number of unbranched alkanes of at least 4 members (excludes halogenated alkanes) is 1. The SMILES string of the molecule is CCCCn1ncc(NC(=O)C(CCC)NC(C)C)c1C. The molecule has 0 spiro atoms. The normalized spacial score (nSPS) is 12.7. The maximum absolute atomic E-state index is 12.4. The van der Waals surface area contributed by atoms with Gasteiger partial charge in [-0.05, 0) is 19.8 Å². The largest absolute Gasteiger partial charge is 0.322 e. The number of nitrogens with zero attached hydrogens (tertiary/aromatic N) is 2. The second-order valence-corrected chi connectivity index (χ2v) is 5.87. The highest BCUT2D eigenvalue weighted by molar-refractivity contribution is 5.95. The molecule has 2 N–H and O–H groups in total. The van der Waals surface area contributed by atoms with Crippen LogP contribution in [0.4, 0.5) is 5.69 Å². The van der Waals surface area contributed by atoms with Crippen LogP contribution in [0.25, 0.3) is 0 Å². The van der Waals surface area contributed by atoms with Gasteiger partial charge < -0.3 is 10.6 Å². The third-order valence-corrected chi connectivity index (χ3v) is 3.51. The highest BCUT2D eigenvalue weighted by atomic mass is 16.2. The van der Waals surface area contributed by atoms with Gasteiger partial charge >= 0.3 is 0 Å². The Balaban J connectivity index is 2.69. The lowest BCUT2D eigenvalue weighted by Gasteiger charge is -2.20. The molecule has 0 radical (unpaired) electrons. The number of aryl methyl sites for hydroxylation is 1. The summed E-state index contributed by atoms with van der Waals surface area (Å²) >= 11 is 0. The molecule has 0 aliphatic heterocycles. The van der Waals surface area contributed by atoms with Crippen LogP contribution in [0.1, 0.15) is 59.1 Å². The molecule has 1 heterocycles. The molecule has 5 nitrogen and oxygen atoms in total. The first-order valence-corrected chi connectivity index (χ1v) is 8.08. The third-order valence-electron chi connectivity index (χ3n) is 3.51. The minimum absolute atomic E-state index is 0.0312. The maximum atomic E-state index is 12.4. The van der Waals surface area contributed by atoms with Crippen LogP contribution in [0, 0.1) is 6.92 Å². The zero-order valence-electron chi connectivity index (χ0n) is 14.1. The van der Waals surface area contributed by atoms with Crippen molar-refractivity contribution in [1.29, 1.82) is 0 Å². The van der Waals surface area contributed by atoms with Crippen LogP contribution in [0.3, 0.4) is 0 Å². The van der Waals surface area contributed by atoms with Gasteiger partial charge in [-0.2, -0.15) is 5.10 Å². The standard InChI is InChI=1S/C16H30N4O/c1-6-8-10-20-13(5)15(11-17-20)19-16(21)14(9-7-2)18-12(3)4/h11-12,14,18H,6-10H2,1-5H3,(H,19,21). The fourth-order valence-corrected chi connectivity index (χ4v) is 2.30. The number of hydrogen-bond donors (Lipinski definition) is 2. The second kappa shape index (κ2) is 8.82. The molecule has 0 aliphatic carbocycles. The molecule has 1 atom stereocenters. The molecular formula is C16H30N4O. The van der Waals surface area contributed by atoms with E-state index in [9.17, 15) is 4.79 Å². The third kappa shape index (κ3) is 5.50. The summed E-state index contributed by atoms with van der Waals surface area (Å²) < 4.78 is 1.96. The molecule has 0 bridgehead atoms. The van der Waals surface area contributed by atoms with E-state index in [1.165, 1.54) is 0 Å². The summed E-state index contributed by atoms with van der Waals surface area (Å²) in [6.45, 7) is 11.3. The van der Waals surface area contributed by atoms with Crippen LogP contribution in [-0.4, -0.2) is 27.8 Å². The van der Waals surface area contributed by atoms with Crippen molar-refractivity contribution in [3.05, 3.63) is 11.9 Å². The van der Waals surface area contributed by atoms with E-state index in [-0.39, 0.29) is 11.9 Å². The summed E-state index contributed by atoms with van der Waals surface area (Å²) in [5, 5.41) is 10.7. The van der Waals surface area contributed by atoms with Gasteiger partial charge in [-0.15, -0.1) is 0 Å². The van der Waals surface area contributed by atoms with Crippen LogP contribution in [-0.2, 0) is 11.3 Å². The van der Waals surface area contributed by atoms with E-state index in [0.29, 0.717) is 6.04 Å². The quantitative estimate of drug-likeness (QED) is 0.736. The fourth-order valence-electron chi connectivity index (χ4n) is 2.30. The number of rotatable bonds is 9. The van der Waals surface area contributed by atoms with Gasteiger partial charge in [-0.25, -0.2) is 0 Å². The van der Waals surface area contributed by atoms with Gasteiger partial charge in [0.2, 0.25) is 5.91 Å². The van der Waals surface area contributed by atoms with Gasteiger partial charge in [-0.1, -0.05) is 40.5 Å². The Hall–Kier alpha value is -1.36. The van der Waals surface area contributed by atoms with Crippen molar-refractivity contribution in [3.63, 3.8) is 0 Å². The molecule has 5 heteroatoms. The summed E-state index contributed by atoms with van der Waals surface area (Å²) in [6, 6.07) is 0.147. The Morgan fingerprint density at radius 2 is 2.05 bits per heavy atom. The lowest BCUT2D eigenvalue weighted by Crippen LogP contribution is -2.43. The molecule has 0 aliphatic rings. The lowest BCUT2D eigenvalue weighted by atomic mass is 10.1. The van der Waals surface area contributed by atoms with Crippen molar-refractivity contribution >= 4 is 11.6 Å². The summed E-state index contributed by atoms with van der Waals surface area (Å²) in [7, 11) is 0. The average Bonchev–Trinajstić information content (AvgIpc) is 2.76. The summed E-state index contributed by atoms with van der Waals surface area (Å²) in [5.41, 5.74) is 1.85. The van der Waals surface area contributed by atoms with Gasteiger partial charge in [0, 0.05) is 12.6 Å². The predicted octanol–water partition coefficient (Wildman–Crippen LogP) is 3.10. The number of amides is 1. The van der Waals surface area contributed by atoms with E-state index in [0.717, 1.165) is 43.6 Å². The zero-order valence-corrected chi connectivity index (χ0v) is 14.1. The first-order valence-electron chi connectivity index (χ1n) is 8.08. The van der Waals surface area contributed by atoms with Crippen LogP contribution in [0.2, 0.25) is 0 Å². The van der Waals surface area contributed by atoms with E-state index in [4.69, 9.17) is 0 Å². The van der Waals surface area contributed by atoms with E-state index < -0.39 is 0 Å². The Labute approximate surface area is 128 Å². The Kier molecular flexibility index (Phi) is 7.43. The number of anilines is 1. The summed E-state index contributed by atoms with van der Waals surface area (Å²) in [5.74, 6) is 0.0312. The van der Waals surface area contributed by atoms with Crippen LogP contribution in [0.15, 0.2) is 6.20 Å². The van der Waals surface area contributed by atoms with E-state index >= 15 is 0 Å².